The van der Waals surface area contributed by atoms with Crippen molar-refractivity contribution in [2.75, 3.05) is 33.1 Å². The number of primary amides is 1. The van der Waals surface area contributed by atoms with Crippen LogP contribution in [0.2, 0.25) is 0 Å². The van der Waals surface area contributed by atoms with E-state index in [2.05, 4.69) is 0 Å². The number of amides is 1. The molecule has 0 aromatic heterocycles. The maximum Gasteiger partial charge on any atom is 0.339 e. The van der Waals surface area contributed by atoms with E-state index in [1.807, 2.05) is 0 Å². The van der Waals surface area contributed by atoms with Gasteiger partial charge < -0.3 is 26.0 Å². The van der Waals surface area contributed by atoms with E-state index >= 15 is 0 Å². The maximum absolute atomic E-state index is 13.8. The van der Waals surface area contributed by atoms with Crippen LogP contribution in [-0.2, 0) is 25.6 Å². The highest BCUT2D eigenvalue weighted by Crippen LogP contribution is 2.52. The molecule has 12 heteroatoms. The van der Waals surface area contributed by atoms with E-state index in [1.165, 1.54) is 25.1 Å². The van der Waals surface area contributed by atoms with E-state index < -0.39 is 81.6 Å². The van der Waals surface area contributed by atoms with Crippen LogP contribution in [0.15, 0.2) is 6.07 Å². The van der Waals surface area contributed by atoms with Crippen LogP contribution < -0.4 is 10.6 Å². The Morgan fingerprint density at radius 3 is 2.19 bits per heavy atom. The first kappa shape index (κ1) is 25.5. The van der Waals surface area contributed by atoms with Gasteiger partial charge in [0.25, 0.3) is 0 Å². The molecule has 0 bridgehead atoms. The summed E-state index contributed by atoms with van der Waals surface area (Å²) in [6.45, 7) is 0. The van der Waals surface area contributed by atoms with Crippen molar-refractivity contribution in [2.45, 2.75) is 24.5 Å². The molecule has 1 aromatic carbocycles. The van der Waals surface area contributed by atoms with Crippen LogP contribution >= 0.6 is 0 Å². The van der Waals surface area contributed by atoms with Crippen LogP contribution in [-0.4, -0.2) is 95.1 Å². The molecule has 2 fully saturated rings. The minimum atomic E-state index is -2.83. The quantitative estimate of drug-likeness (QED) is 0.355. The fourth-order valence-electron chi connectivity index (χ4n) is 6.21. The molecule has 3 aliphatic carbocycles. The van der Waals surface area contributed by atoms with Crippen molar-refractivity contribution in [2.24, 2.45) is 29.4 Å². The number of anilines is 1. The summed E-state index contributed by atoms with van der Waals surface area (Å²) in [4.78, 5) is 80.5. The molecule has 192 valence electrons. The minimum absolute atomic E-state index is 0.0484. The second-order valence-electron chi connectivity index (χ2n) is 10.1. The molecule has 1 amide bonds. The topological polar surface area (TPSA) is 196 Å². The number of carboxylic acids is 1. The Morgan fingerprint density at radius 1 is 1.08 bits per heavy atom. The lowest BCUT2D eigenvalue weighted by Gasteiger charge is -2.52. The summed E-state index contributed by atoms with van der Waals surface area (Å²) in [7, 11) is 6.27. The molecular weight excluding hydrogens is 474 g/mol. The van der Waals surface area contributed by atoms with Gasteiger partial charge in [-0.2, -0.15) is 0 Å². The monoisotopic (exact) mass is 501 g/mol. The largest absolute Gasteiger partial charge is 0.506 e. The van der Waals surface area contributed by atoms with Crippen LogP contribution in [0.3, 0.4) is 0 Å². The Kier molecular flexibility index (Phi) is 5.80. The second-order valence-corrected chi connectivity index (χ2v) is 10.1. The highest BCUT2D eigenvalue weighted by atomic mass is 16.4. The number of carboxylic acid groups (broad SMARTS) is 1. The molecule has 12 nitrogen and oxygen atoms in total. The highest BCUT2D eigenvalue weighted by Gasteiger charge is 2.69. The molecule has 5 N–H and O–H groups in total. The van der Waals surface area contributed by atoms with Gasteiger partial charge in [0, 0.05) is 25.7 Å². The number of fused-ring (bicyclic) bond motifs is 3. The maximum atomic E-state index is 13.8. The average molecular weight is 501 g/mol. The lowest BCUT2D eigenvalue weighted by Crippen LogP contribution is -2.74. The van der Waals surface area contributed by atoms with Crippen molar-refractivity contribution in [3.05, 3.63) is 22.8 Å². The number of carbonyl (C=O) groups excluding carboxylic acids is 5. The number of nitrogens with two attached hydrogens (primary N) is 1. The van der Waals surface area contributed by atoms with Crippen LogP contribution in [0, 0.1) is 23.7 Å². The number of phenols is 1. The van der Waals surface area contributed by atoms with Crippen molar-refractivity contribution in [1.29, 1.82) is 0 Å². The molecule has 0 aliphatic heterocycles. The minimum Gasteiger partial charge on any atom is -0.506 e. The molecule has 36 heavy (non-hydrogen) atoms. The first-order valence-corrected chi connectivity index (χ1v) is 11.3. The first-order valence-electron chi connectivity index (χ1n) is 11.3. The molecule has 0 saturated heterocycles. The standard InChI is InChI=1S/C24H27N3O9/c1-26(2)12-7-10(23(34)35)17(28)14-9(12)5-8-6-11-16(27(3)4)19(30)15(22(25)33)21(32)24(11,36)20(31)13(8)18(14)29/h7-8,11,13,15-16,28,36H,5-6H2,1-4H3,(H2,25,33)(H,34,35)/t8?,11?,13?,15?,16-,24-/m0/s1. The van der Waals surface area contributed by atoms with Crippen molar-refractivity contribution < 1.29 is 44.1 Å². The van der Waals surface area contributed by atoms with Crippen molar-refractivity contribution in [3.63, 3.8) is 0 Å². The molecule has 3 aliphatic rings. The summed E-state index contributed by atoms with van der Waals surface area (Å²) < 4.78 is 0. The number of hydrogen-bond donors (Lipinski definition) is 4. The van der Waals surface area contributed by atoms with E-state index in [0.29, 0.717) is 11.3 Å². The predicted octanol–water partition coefficient (Wildman–Crippen LogP) is -1.37. The normalized spacial score (nSPS) is 31.6. The number of Topliss-reactive ketones (excluding diaryl/α,β-unsaturated/α-hetero) is 4. The number of nitrogens with zero attached hydrogens (tertiary/aromatic N) is 2. The Bertz CT molecular complexity index is 1250. The lowest BCUT2D eigenvalue weighted by atomic mass is 9.52. The van der Waals surface area contributed by atoms with Gasteiger partial charge in [-0.25, -0.2) is 4.79 Å². The van der Waals surface area contributed by atoms with E-state index in [0.717, 1.165) is 0 Å². The molecule has 2 saturated carbocycles. The van der Waals surface area contributed by atoms with Gasteiger partial charge >= 0.3 is 5.97 Å². The van der Waals surface area contributed by atoms with Crippen molar-refractivity contribution in [3.8, 4) is 5.75 Å². The Labute approximate surface area is 205 Å². The zero-order valence-electron chi connectivity index (χ0n) is 20.1. The fraction of sp³-hybridized carbons (Fsp3) is 0.500. The number of ketones is 4. The van der Waals surface area contributed by atoms with Gasteiger partial charge in [-0.15, -0.1) is 0 Å². The number of benzene rings is 1. The molecule has 0 spiro atoms. The fourth-order valence-corrected chi connectivity index (χ4v) is 6.21. The average Bonchev–Trinajstić information content (AvgIpc) is 2.75. The van der Waals surface area contributed by atoms with Gasteiger partial charge in [0.2, 0.25) is 5.91 Å². The van der Waals surface area contributed by atoms with E-state index in [4.69, 9.17) is 5.73 Å². The number of aliphatic hydroxyl groups is 1. The third kappa shape index (κ3) is 3.21. The SMILES string of the molecule is CN(C)c1cc(C(=O)O)c(O)c2c1CC1CC3[C@H](N(C)C)C(=O)C(C(N)=O)C(=O)[C@@]3(O)C(=O)C1C2=O. The molecule has 0 radical (unpaired) electrons. The molecule has 1 aromatic rings. The van der Waals surface area contributed by atoms with Crippen molar-refractivity contribution >= 4 is 40.7 Å². The van der Waals surface area contributed by atoms with Crippen molar-refractivity contribution in [1.82, 2.24) is 4.90 Å². The molecular formula is C24H27N3O9. The third-order valence-electron chi connectivity index (χ3n) is 7.75. The second kappa shape index (κ2) is 8.20. The molecule has 4 unspecified atom stereocenters. The smallest absolute Gasteiger partial charge is 0.339 e. The lowest BCUT2D eigenvalue weighted by molar-refractivity contribution is -0.181. The van der Waals surface area contributed by atoms with Crippen LogP contribution in [0.25, 0.3) is 0 Å². The molecule has 4 rings (SSSR count). The van der Waals surface area contributed by atoms with Crippen LogP contribution in [0.5, 0.6) is 5.75 Å². The third-order valence-corrected chi connectivity index (χ3v) is 7.75. The molecule has 6 atom stereocenters. The number of aromatic hydroxyl groups is 1. The summed E-state index contributed by atoms with van der Waals surface area (Å²) in [6, 6.07) is 0.0430. The number of likely N-dealkylation sites (N-methyl/N-ethyl adjacent to an activating group) is 1. The van der Waals surface area contributed by atoms with E-state index in [9.17, 15) is 44.1 Å². The predicted molar refractivity (Wildman–Crippen MR) is 123 cm³/mol. The summed E-state index contributed by atoms with van der Waals surface area (Å²) in [5.41, 5.74) is 2.25. The number of hydrogen-bond acceptors (Lipinski definition) is 10. The van der Waals surface area contributed by atoms with Crippen LogP contribution in [0.4, 0.5) is 5.69 Å². The van der Waals surface area contributed by atoms with Gasteiger partial charge in [-0.3, -0.25) is 28.9 Å². The summed E-state index contributed by atoms with van der Waals surface area (Å²) >= 11 is 0. The van der Waals surface area contributed by atoms with E-state index in [1.54, 1.807) is 19.0 Å². The Balaban J connectivity index is 1.93. The summed E-state index contributed by atoms with van der Waals surface area (Å²) in [6.07, 6.45) is -0.0367. The van der Waals surface area contributed by atoms with Crippen LogP contribution in [0.1, 0.15) is 32.7 Å². The number of carbonyl (C=O) groups is 6. The Morgan fingerprint density at radius 2 is 1.69 bits per heavy atom. The van der Waals surface area contributed by atoms with Gasteiger partial charge in [0.1, 0.15) is 11.3 Å². The number of aromatic carboxylic acids is 1. The van der Waals surface area contributed by atoms with Gasteiger partial charge in [-0.05, 0) is 44.5 Å². The molecule has 0 heterocycles. The van der Waals surface area contributed by atoms with Gasteiger partial charge in [-0.1, -0.05) is 0 Å². The highest BCUT2D eigenvalue weighted by molar-refractivity contribution is 6.32. The van der Waals surface area contributed by atoms with E-state index in [-0.39, 0.29) is 18.4 Å². The number of rotatable bonds is 4. The summed E-state index contributed by atoms with van der Waals surface area (Å²) in [5.74, 6) is -13.5. The zero-order chi connectivity index (χ0) is 27.0. The summed E-state index contributed by atoms with van der Waals surface area (Å²) in [5, 5.41) is 31.8. The Hall–Kier alpha value is -3.64. The van der Waals surface area contributed by atoms with Gasteiger partial charge in [0.05, 0.1) is 17.5 Å². The van der Waals surface area contributed by atoms with Gasteiger partial charge in [0.15, 0.2) is 34.7 Å². The first-order chi connectivity index (χ1) is 16.7. The zero-order valence-corrected chi connectivity index (χ0v) is 20.1.